The van der Waals surface area contributed by atoms with Crippen LogP contribution in [0.15, 0.2) is 0 Å². The van der Waals surface area contributed by atoms with E-state index in [1.165, 1.54) is 0 Å². The van der Waals surface area contributed by atoms with Gasteiger partial charge >= 0.3 is 23.3 Å². The van der Waals surface area contributed by atoms with Gasteiger partial charge in [0.25, 0.3) is 10.0 Å². The summed E-state index contributed by atoms with van der Waals surface area (Å²) in [5.41, 5.74) is 0. The number of carbonyl (C=O) groups is 1. The van der Waals surface area contributed by atoms with Crippen molar-refractivity contribution in [2.24, 2.45) is 0 Å². The summed E-state index contributed by atoms with van der Waals surface area (Å²) >= 11 is 0. The Morgan fingerprint density at radius 2 is 1.47 bits per heavy atom. The minimum atomic E-state index is -6.82. The maximum atomic E-state index is 12.7. The fraction of sp³-hybridized carbons (Fsp3) is 0.833. The summed E-state index contributed by atoms with van der Waals surface area (Å²) in [6.45, 7) is -1.26. The van der Waals surface area contributed by atoms with Gasteiger partial charge in [-0.1, -0.05) is 0 Å². The second-order valence-corrected chi connectivity index (χ2v) is 4.94. The Balaban J connectivity index is 5.24. The highest BCUT2D eigenvalue weighted by Crippen LogP contribution is 2.48. The third-order valence-corrected chi connectivity index (χ3v) is 3.21. The molecular weight excluding hydrogens is 315 g/mol. The van der Waals surface area contributed by atoms with Gasteiger partial charge in [-0.05, 0) is 0 Å². The Morgan fingerprint density at radius 3 is 1.79 bits per heavy atom. The molecule has 0 spiro atoms. The Hall–Kier alpha value is -1.11. The van der Waals surface area contributed by atoms with Crippen molar-refractivity contribution in [3.63, 3.8) is 0 Å². The minimum Gasteiger partial charge on any atom is -0.481 e. The van der Waals surface area contributed by atoms with Crippen molar-refractivity contribution in [3.05, 3.63) is 0 Å². The zero-order chi connectivity index (χ0) is 15.7. The zero-order valence-electron chi connectivity index (χ0n) is 8.64. The van der Waals surface area contributed by atoms with Gasteiger partial charge in [-0.15, -0.1) is 0 Å². The van der Waals surface area contributed by atoms with E-state index in [0.717, 1.165) is 0 Å². The van der Waals surface area contributed by atoms with Crippen molar-refractivity contribution < 1.29 is 49.1 Å². The van der Waals surface area contributed by atoms with Gasteiger partial charge in [-0.2, -0.15) is 30.7 Å². The molecule has 0 rings (SSSR count). The van der Waals surface area contributed by atoms with Crippen LogP contribution in [0.25, 0.3) is 0 Å². The van der Waals surface area contributed by atoms with Gasteiger partial charge in [0.15, 0.2) is 0 Å². The van der Waals surface area contributed by atoms with Gasteiger partial charge < -0.3 is 5.11 Å². The van der Waals surface area contributed by atoms with E-state index in [2.05, 4.69) is 0 Å². The smallest absolute Gasteiger partial charge is 0.461 e. The lowest BCUT2D eigenvalue weighted by atomic mass is 10.3. The number of aliphatic carboxylic acids is 1. The van der Waals surface area contributed by atoms with Gasteiger partial charge in [0, 0.05) is 6.54 Å². The molecule has 0 atom stereocenters. The molecule has 0 saturated carbocycles. The molecule has 0 aliphatic rings. The Kier molecular flexibility index (Phi) is 4.81. The maximum absolute atomic E-state index is 12.7. The average molecular weight is 321 g/mol. The molecule has 0 heterocycles. The number of rotatable bonds is 6. The molecule has 0 aliphatic carbocycles. The van der Waals surface area contributed by atoms with Crippen LogP contribution in [0.3, 0.4) is 0 Å². The molecule has 0 aromatic carbocycles. The van der Waals surface area contributed by atoms with Gasteiger partial charge in [-0.3, -0.25) is 4.79 Å². The highest BCUT2D eigenvalue weighted by molar-refractivity contribution is 7.90. The SMILES string of the molecule is O=C(O)CCNS(=O)(=O)C(F)(F)C(F)(F)C(F)(F)F. The van der Waals surface area contributed by atoms with Crippen LogP contribution in [0.4, 0.5) is 30.7 Å². The molecule has 0 radical (unpaired) electrons. The number of carboxylic acids is 1. The maximum Gasteiger partial charge on any atom is 0.461 e. The number of sulfonamides is 1. The van der Waals surface area contributed by atoms with Crippen molar-refractivity contribution >= 4 is 16.0 Å². The van der Waals surface area contributed by atoms with Crippen LogP contribution < -0.4 is 4.72 Å². The summed E-state index contributed by atoms with van der Waals surface area (Å²) in [6.07, 6.45) is -7.87. The molecule has 114 valence electrons. The second-order valence-electron chi connectivity index (χ2n) is 3.13. The van der Waals surface area contributed by atoms with Crippen LogP contribution >= 0.6 is 0 Å². The number of alkyl halides is 7. The third kappa shape index (κ3) is 3.46. The zero-order valence-corrected chi connectivity index (χ0v) is 9.46. The topological polar surface area (TPSA) is 83.5 Å². The van der Waals surface area contributed by atoms with Gasteiger partial charge in [0.1, 0.15) is 0 Å². The minimum absolute atomic E-state index is 0.670. The van der Waals surface area contributed by atoms with Crippen LogP contribution in [0.1, 0.15) is 6.42 Å². The summed E-state index contributed by atoms with van der Waals surface area (Å²) in [4.78, 5) is 9.94. The summed E-state index contributed by atoms with van der Waals surface area (Å²) in [5.74, 6) is -8.50. The van der Waals surface area contributed by atoms with E-state index in [4.69, 9.17) is 5.11 Å². The molecule has 19 heavy (non-hydrogen) atoms. The first-order chi connectivity index (χ1) is 8.17. The van der Waals surface area contributed by atoms with Crippen LogP contribution in [-0.4, -0.2) is 43.4 Å². The van der Waals surface area contributed by atoms with Crippen molar-refractivity contribution in [1.82, 2.24) is 4.72 Å². The second kappa shape index (κ2) is 5.11. The number of hydrogen-bond donors (Lipinski definition) is 2. The number of hydrogen-bond acceptors (Lipinski definition) is 3. The summed E-state index contributed by atoms with van der Waals surface area (Å²) in [5, 5.41) is 1.58. The van der Waals surface area contributed by atoms with Gasteiger partial charge in [-0.25, -0.2) is 13.1 Å². The molecule has 5 nitrogen and oxygen atoms in total. The van der Waals surface area contributed by atoms with Crippen LogP contribution in [0, 0.1) is 0 Å². The van der Waals surface area contributed by atoms with E-state index in [0.29, 0.717) is 4.72 Å². The number of halogens is 7. The molecule has 0 fully saturated rings. The molecule has 0 aromatic heterocycles. The first-order valence-electron chi connectivity index (χ1n) is 4.20. The van der Waals surface area contributed by atoms with Crippen LogP contribution in [-0.2, 0) is 14.8 Å². The summed E-state index contributed by atoms with van der Waals surface area (Å²) < 4.78 is 107. The molecule has 0 aliphatic heterocycles. The lowest BCUT2D eigenvalue weighted by Crippen LogP contribution is -2.59. The van der Waals surface area contributed by atoms with Crippen molar-refractivity contribution in [3.8, 4) is 0 Å². The van der Waals surface area contributed by atoms with E-state index >= 15 is 0 Å². The molecule has 0 aromatic rings. The standard InChI is InChI=1S/C6H6F7NO4S/c7-4(8,5(9,10)11)6(12,13)19(17,18)14-2-1-3(15)16/h14H,1-2H2,(H,15,16). The van der Waals surface area contributed by atoms with E-state index in [1.54, 1.807) is 0 Å². The quantitative estimate of drug-likeness (QED) is 0.720. The molecule has 2 N–H and O–H groups in total. The largest absolute Gasteiger partial charge is 0.481 e. The normalized spacial score (nSPS) is 14.5. The van der Waals surface area contributed by atoms with E-state index in [9.17, 15) is 43.9 Å². The van der Waals surface area contributed by atoms with Crippen molar-refractivity contribution in [2.45, 2.75) is 23.8 Å². The van der Waals surface area contributed by atoms with Gasteiger partial charge in [0.2, 0.25) is 0 Å². The van der Waals surface area contributed by atoms with Crippen molar-refractivity contribution in [1.29, 1.82) is 0 Å². The molecular formula is C6H6F7NO4S. The van der Waals surface area contributed by atoms with Crippen LogP contribution in [0.2, 0.25) is 0 Å². The lowest BCUT2D eigenvalue weighted by Gasteiger charge is -2.27. The van der Waals surface area contributed by atoms with Gasteiger partial charge in [0.05, 0.1) is 6.42 Å². The fourth-order valence-electron chi connectivity index (χ4n) is 0.717. The summed E-state index contributed by atoms with van der Waals surface area (Å²) in [7, 11) is -6.41. The Bertz CT molecular complexity index is 443. The van der Waals surface area contributed by atoms with E-state index in [-0.39, 0.29) is 0 Å². The summed E-state index contributed by atoms with van der Waals surface area (Å²) in [6, 6.07) is 0. The molecule has 0 unspecified atom stereocenters. The Morgan fingerprint density at radius 1 is 1.05 bits per heavy atom. The predicted molar refractivity (Wildman–Crippen MR) is 45.1 cm³/mol. The van der Waals surface area contributed by atoms with E-state index < -0.39 is 46.3 Å². The van der Waals surface area contributed by atoms with Crippen molar-refractivity contribution in [2.75, 3.05) is 6.54 Å². The molecule has 0 saturated heterocycles. The predicted octanol–water partition coefficient (Wildman–Crippen LogP) is 1.17. The first kappa shape index (κ1) is 17.9. The Labute approximate surface area is 101 Å². The number of nitrogens with one attached hydrogen (secondary N) is 1. The highest BCUT2D eigenvalue weighted by Gasteiger charge is 2.78. The first-order valence-corrected chi connectivity index (χ1v) is 5.68. The fourth-order valence-corrected chi connectivity index (χ4v) is 1.72. The number of carboxylic acid groups (broad SMARTS) is 1. The molecule has 0 amide bonds. The lowest BCUT2D eigenvalue weighted by molar-refractivity contribution is -0.332. The third-order valence-electron chi connectivity index (χ3n) is 1.69. The van der Waals surface area contributed by atoms with Crippen LogP contribution in [0.5, 0.6) is 0 Å². The van der Waals surface area contributed by atoms with E-state index in [1.807, 2.05) is 0 Å². The monoisotopic (exact) mass is 321 g/mol. The molecule has 13 heteroatoms. The average Bonchev–Trinajstić information content (AvgIpc) is 2.14. The molecule has 0 bridgehead atoms. The highest BCUT2D eigenvalue weighted by atomic mass is 32.2.